The molecule has 0 radical (unpaired) electrons. The van der Waals surface area contributed by atoms with Gasteiger partial charge in [0.15, 0.2) is 0 Å². The molecule has 0 bridgehead atoms. The first-order valence-electron chi connectivity index (χ1n) is 4.44. The maximum Gasteiger partial charge on any atom is 0.332 e. The van der Waals surface area contributed by atoms with Gasteiger partial charge in [-0.25, -0.2) is 4.79 Å². The molecule has 15 heavy (non-hydrogen) atoms. The maximum absolute atomic E-state index is 10.2. The molecular formula is C12H16O3. The number of ether oxygens (including phenoxy) is 2. The van der Waals surface area contributed by atoms with Crippen LogP contribution in [0.2, 0.25) is 0 Å². The van der Waals surface area contributed by atoms with Crippen LogP contribution < -0.4 is 4.74 Å². The Labute approximate surface area is 90.3 Å². The van der Waals surface area contributed by atoms with Gasteiger partial charge in [-0.3, -0.25) is 0 Å². The molecule has 3 nitrogen and oxygen atoms in total. The molecule has 0 saturated heterocycles. The van der Waals surface area contributed by atoms with E-state index >= 15 is 0 Å². The third-order valence-corrected chi connectivity index (χ3v) is 1.51. The monoisotopic (exact) mass is 208 g/mol. The number of benzene rings is 1. The minimum absolute atomic E-state index is 0.347. The van der Waals surface area contributed by atoms with Crippen molar-refractivity contribution < 1.29 is 14.3 Å². The van der Waals surface area contributed by atoms with Crippen molar-refractivity contribution >= 4 is 5.97 Å². The van der Waals surface area contributed by atoms with Crippen LogP contribution in [0.25, 0.3) is 0 Å². The highest BCUT2D eigenvalue weighted by Crippen LogP contribution is 2.05. The van der Waals surface area contributed by atoms with Crippen LogP contribution in [-0.4, -0.2) is 20.2 Å². The van der Waals surface area contributed by atoms with Crippen LogP contribution in [0.5, 0.6) is 5.75 Å². The lowest BCUT2D eigenvalue weighted by Gasteiger charge is -1.93. The number of esters is 1. The van der Waals surface area contributed by atoms with E-state index in [1.807, 2.05) is 30.3 Å². The lowest BCUT2D eigenvalue weighted by molar-refractivity contribution is -0.136. The van der Waals surface area contributed by atoms with Gasteiger partial charge in [-0.2, -0.15) is 0 Å². The Bertz CT molecular complexity index is 304. The molecule has 0 fully saturated rings. The van der Waals surface area contributed by atoms with Crippen molar-refractivity contribution in [3.63, 3.8) is 0 Å². The molecule has 0 saturated carbocycles. The fraction of sp³-hybridized carbons (Fsp3) is 0.250. The van der Waals surface area contributed by atoms with E-state index in [1.54, 1.807) is 14.0 Å². The van der Waals surface area contributed by atoms with Crippen LogP contribution in [0.15, 0.2) is 42.5 Å². The van der Waals surface area contributed by atoms with E-state index < -0.39 is 0 Å². The Hall–Kier alpha value is -1.77. The standard InChI is InChI=1S/C7H8O.C5H8O2/c1-8-7-5-3-2-4-6-7;1-4(2)5(6)7-3/h2-6H,1H3;1H2,2-3H3. The fourth-order valence-corrected chi connectivity index (χ4v) is 0.731. The minimum atomic E-state index is -0.347. The summed E-state index contributed by atoms with van der Waals surface area (Å²) < 4.78 is 9.19. The highest BCUT2D eigenvalue weighted by Gasteiger charge is 1.95. The van der Waals surface area contributed by atoms with E-state index in [9.17, 15) is 4.79 Å². The van der Waals surface area contributed by atoms with Crippen molar-refractivity contribution in [2.24, 2.45) is 0 Å². The summed E-state index contributed by atoms with van der Waals surface area (Å²) in [4.78, 5) is 10.2. The average molecular weight is 208 g/mol. The van der Waals surface area contributed by atoms with Crippen molar-refractivity contribution in [3.05, 3.63) is 42.5 Å². The fourth-order valence-electron chi connectivity index (χ4n) is 0.731. The van der Waals surface area contributed by atoms with E-state index in [0.29, 0.717) is 5.57 Å². The van der Waals surface area contributed by atoms with E-state index in [4.69, 9.17) is 4.74 Å². The zero-order valence-corrected chi connectivity index (χ0v) is 9.32. The average Bonchev–Trinajstić information content (AvgIpc) is 2.29. The minimum Gasteiger partial charge on any atom is -0.497 e. The topological polar surface area (TPSA) is 35.5 Å². The Kier molecular flexibility index (Phi) is 6.72. The van der Waals surface area contributed by atoms with E-state index in [0.717, 1.165) is 5.75 Å². The van der Waals surface area contributed by atoms with Crippen LogP contribution in [0.4, 0.5) is 0 Å². The molecule has 0 aliphatic heterocycles. The largest absolute Gasteiger partial charge is 0.497 e. The summed E-state index contributed by atoms with van der Waals surface area (Å²) in [6, 6.07) is 9.68. The van der Waals surface area contributed by atoms with E-state index in [1.165, 1.54) is 7.11 Å². The number of para-hydroxylation sites is 1. The number of rotatable bonds is 2. The van der Waals surface area contributed by atoms with Crippen molar-refractivity contribution in [3.8, 4) is 5.75 Å². The van der Waals surface area contributed by atoms with Gasteiger partial charge in [-0.1, -0.05) is 24.8 Å². The number of hydrogen-bond donors (Lipinski definition) is 0. The van der Waals surface area contributed by atoms with Gasteiger partial charge in [-0.05, 0) is 19.1 Å². The first-order chi connectivity index (χ1) is 7.11. The molecule has 0 amide bonds. The number of methoxy groups -OCH3 is 2. The Morgan fingerprint density at radius 3 is 1.93 bits per heavy atom. The SMILES string of the molecule is C=C(C)C(=O)OC.COc1ccccc1. The summed E-state index contributed by atoms with van der Waals surface area (Å²) in [5, 5.41) is 0. The predicted octanol–water partition coefficient (Wildman–Crippen LogP) is 2.43. The van der Waals surface area contributed by atoms with Gasteiger partial charge in [0.25, 0.3) is 0 Å². The molecule has 0 heterocycles. The van der Waals surface area contributed by atoms with Gasteiger partial charge in [0.05, 0.1) is 14.2 Å². The molecule has 0 aromatic heterocycles. The number of carbonyl (C=O) groups excluding carboxylic acids is 1. The maximum atomic E-state index is 10.2. The second-order valence-electron chi connectivity index (χ2n) is 2.79. The van der Waals surface area contributed by atoms with E-state index in [-0.39, 0.29) is 5.97 Å². The molecule has 3 heteroatoms. The molecule has 0 spiro atoms. The Morgan fingerprint density at radius 2 is 1.73 bits per heavy atom. The molecule has 1 rings (SSSR count). The third-order valence-electron chi connectivity index (χ3n) is 1.51. The number of carbonyl (C=O) groups is 1. The second-order valence-corrected chi connectivity index (χ2v) is 2.79. The van der Waals surface area contributed by atoms with Crippen LogP contribution in [0, 0.1) is 0 Å². The van der Waals surface area contributed by atoms with Crippen LogP contribution in [0.1, 0.15) is 6.92 Å². The molecule has 0 atom stereocenters. The normalized spacial score (nSPS) is 8.20. The smallest absolute Gasteiger partial charge is 0.332 e. The first-order valence-corrected chi connectivity index (χ1v) is 4.44. The zero-order valence-electron chi connectivity index (χ0n) is 9.32. The summed E-state index contributed by atoms with van der Waals surface area (Å²) in [5.74, 6) is 0.563. The second kappa shape index (κ2) is 7.62. The van der Waals surface area contributed by atoms with Gasteiger partial charge in [0.2, 0.25) is 0 Å². The quantitative estimate of drug-likeness (QED) is 0.553. The molecule has 1 aromatic carbocycles. The summed E-state index contributed by atoms with van der Waals surface area (Å²) >= 11 is 0. The Morgan fingerprint density at radius 1 is 1.20 bits per heavy atom. The van der Waals surface area contributed by atoms with Crippen LogP contribution in [0.3, 0.4) is 0 Å². The van der Waals surface area contributed by atoms with Gasteiger partial charge >= 0.3 is 5.97 Å². The van der Waals surface area contributed by atoms with Gasteiger partial charge in [-0.15, -0.1) is 0 Å². The van der Waals surface area contributed by atoms with E-state index in [2.05, 4.69) is 11.3 Å². The van der Waals surface area contributed by atoms with Crippen molar-refractivity contribution in [2.45, 2.75) is 6.92 Å². The predicted molar refractivity (Wildman–Crippen MR) is 59.8 cm³/mol. The zero-order chi connectivity index (χ0) is 11.7. The lowest BCUT2D eigenvalue weighted by Crippen LogP contribution is -1.98. The number of hydrogen-bond acceptors (Lipinski definition) is 3. The van der Waals surface area contributed by atoms with Crippen LogP contribution >= 0.6 is 0 Å². The van der Waals surface area contributed by atoms with Crippen molar-refractivity contribution in [2.75, 3.05) is 14.2 Å². The molecule has 0 unspecified atom stereocenters. The highest BCUT2D eigenvalue weighted by molar-refractivity contribution is 5.86. The molecular weight excluding hydrogens is 192 g/mol. The van der Waals surface area contributed by atoms with Gasteiger partial charge in [0.1, 0.15) is 5.75 Å². The highest BCUT2D eigenvalue weighted by atomic mass is 16.5. The Balaban J connectivity index is 0.000000265. The third kappa shape index (κ3) is 6.32. The summed E-state index contributed by atoms with van der Waals surface area (Å²) in [6.07, 6.45) is 0. The molecule has 0 aliphatic rings. The summed E-state index contributed by atoms with van der Waals surface area (Å²) in [6.45, 7) is 4.95. The molecule has 82 valence electrons. The van der Waals surface area contributed by atoms with Crippen molar-refractivity contribution in [1.82, 2.24) is 0 Å². The summed E-state index contributed by atoms with van der Waals surface area (Å²) in [5.41, 5.74) is 0.433. The molecule has 1 aromatic rings. The van der Waals surface area contributed by atoms with Gasteiger partial charge < -0.3 is 9.47 Å². The molecule has 0 N–H and O–H groups in total. The first kappa shape index (κ1) is 13.2. The lowest BCUT2D eigenvalue weighted by atomic mass is 10.3. The summed E-state index contributed by atoms with van der Waals surface area (Å²) in [7, 11) is 2.99. The van der Waals surface area contributed by atoms with Crippen molar-refractivity contribution in [1.29, 1.82) is 0 Å². The van der Waals surface area contributed by atoms with Crippen LogP contribution in [-0.2, 0) is 9.53 Å². The molecule has 0 aliphatic carbocycles. The van der Waals surface area contributed by atoms with Gasteiger partial charge in [0, 0.05) is 5.57 Å².